The molecule has 26 heavy (non-hydrogen) atoms. The molecule has 2 heterocycles. The van der Waals surface area contributed by atoms with E-state index in [1.54, 1.807) is 17.4 Å². The van der Waals surface area contributed by atoms with Crippen molar-refractivity contribution in [2.75, 3.05) is 43.1 Å². The molecule has 0 spiro atoms. The number of hydrogen-bond donors (Lipinski definition) is 1. The second-order valence-electron chi connectivity index (χ2n) is 5.69. The second kappa shape index (κ2) is 9.17. The SMILES string of the molecule is O=C(COC(=O)/C=C/c1ccsc1)Nc1ccc(N2CCOCC2)cc1. The molecule has 1 fully saturated rings. The fourth-order valence-electron chi connectivity index (χ4n) is 2.49. The number of rotatable bonds is 6. The molecule has 1 aromatic carbocycles. The molecule has 1 aliphatic heterocycles. The van der Waals surface area contributed by atoms with E-state index in [1.165, 1.54) is 6.08 Å². The molecule has 0 aliphatic carbocycles. The summed E-state index contributed by atoms with van der Waals surface area (Å²) in [7, 11) is 0. The Labute approximate surface area is 156 Å². The number of ether oxygens (including phenoxy) is 2. The smallest absolute Gasteiger partial charge is 0.331 e. The molecule has 0 atom stereocenters. The number of nitrogens with zero attached hydrogens (tertiary/aromatic N) is 1. The number of nitrogens with one attached hydrogen (secondary N) is 1. The van der Waals surface area contributed by atoms with E-state index in [9.17, 15) is 9.59 Å². The molecule has 3 rings (SSSR count). The fourth-order valence-corrected chi connectivity index (χ4v) is 3.12. The third-order valence-corrected chi connectivity index (χ3v) is 4.53. The standard InChI is InChI=1S/C19H20N2O4S/c22-18(13-25-19(23)6-1-15-7-12-26-14-15)20-16-2-4-17(5-3-16)21-8-10-24-11-9-21/h1-7,12,14H,8-11,13H2,(H,20,22)/b6-1+. The number of carbonyl (C=O) groups is 2. The number of carbonyl (C=O) groups excluding carboxylic acids is 2. The van der Waals surface area contributed by atoms with Crippen LogP contribution in [0.15, 0.2) is 47.2 Å². The van der Waals surface area contributed by atoms with E-state index in [0.29, 0.717) is 5.69 Å². The Morgan fingerprint density at radius 3 is 2.65 bits per heavy atom. The first-order chi connectivity index (χ1) is 12.7. The summed E-state index contributed by atoms with van der Waals surface area (Å²) in [6, 6.07) is 9.47. The number of amides is 1. The number of hydrogen-bond acceptors (Lipinski definition) is 6. The maximum atomic E-state index is 11.9. The molecule has 6 nitrogen and oxygen atoms in total. The third-order valence-electron chi connectivity index (χ3n) is 3.83. The molecule has 2 aromatic rings. The van der Waals surface area contributed by atoms with Crippen LogP contribution in [0, 0.1) is 0 Å². The van der Waals surface area contributed by atoms with Crippen LogP contribution in [0.25, 0.3) is 6.08 Å². The van der Waals surface area contributed by atoms with Crippen molar-refractivity contribution in [2.24, 2.45) is 0 Å². The lowest BCUT2D eigenvalue weighted by atomic mass is 10.2. The first kappa shape index (κ1) is 18.2. The molecule has 1 aromatic heterocycles. The van der Waals surface area contributed by atoms with E-state index < -0.39 is 5.97 Å². The number of thiophene rings is 1. The van der Waals surface area contributed by atoms with Crippen LogP contribution in [-0.4, -0.2) is 44.8 Å². The zero-order valence-electron chi connectivity index (χ0n) is 14.2. The molecule has 7 heteroatoms. The van der Waals surface area contributed by atoms with Gasteiger partial charge in [0.15, 0.2) is 6.61 Å². The highest BCUT2D eigenvalue weighted by Gasteiger charge is 2.11. The molecule has 0 radical (unpaired) electrons. The van der Waals surface area contributed by atoms with Gasteiger partial charge in [-0.05, 0) is 52.7 Å². The molecule has 1 aliphatic rings. The van der Waals surface area contributed by atoms with Gasteiger partial charge in [0.1, 0.15) is 0 Å². The minimum Gasteiger partial charge on any atom is -0.452 e. The Morgan fingerprint density at radius 2 is 1.96 bits per heavy atom. The van der Waals surface area contributed by atoms with Crippen LogP contribution in [0.4, 0.5) is 11.4 Å². The van der Waals surface area contributed by atoms with Gasteiger partial charge >= 0.3 is 5.97 Å². The van der Waals surface area contributed by atoms with Gasteiger partial charge in [-0.1, -0.05) is 0 Å². The fraction of sp³-hybridized carbons (Fsp3) is 0.263. The minimum atomic E-state index is -0.547. The molecular weight excluding hydrogens is 352 g/mol. The number of esters is 1. The summed E-state index contributed by atoms with van der Waals surface area (Å²) >= 11 is 1.54. The molecule has 1 saturated heterocycles. The van der Waals surface area contributed by atoms with E-state index in [1.807, 2.05) is 41.1 Å². The molecule has 1 N–H and O–H groups in total. The zero-order valence-corrected chi connectivity index (χ0v) is 15.0. The lowest BCUT2D eigenvalue weighted by Crippen LogP contribution is -2.36. The quantitative estimate of drug-likeness (QED) is 0.624. The average molecular weight is 372 g/mol. The maximum Gasteiger partial charge on any atom is 0.331 e. The highest BCUT2D eigenvalue weighted by atomic mass is 32.1. The van der Waals surface area contributed by atoms with Crippen LogP contribution in [0.3, 0.4) is 0 Å². The van der Waals surface area contributed by atoms with Gasteiger partial charge in [0, 0.05) is 30.5 Å². The Morgan fingerprint density at radius 1 is 1.19 bits per heavy atom. The van der Waals surface area contributed by atoms with E-state index in [2.05, 4.69) is 10.2 Å². The number of morpholine rings is 1. The summed E-state index contributed by atoms with van der Waals surface area (Å²) in [5, 5.41) is 6.55. The first-order valence-electron chi connectivity index (χ1n) is 8.30. The summed E-state index contributed by atoms with van der Waals surface area (Å²) in [5.41, 5.74) is 2.69. The molecule has 0 saturated carbocycles. The molecule has 0 unspecified atom stereocenters. The number of anilines is 2. The Kier molecular flexibility index (Phi) is 6.40. The Bertz CT molecular complexity index is 750. The van der Waals surface area contributed by atoms with Crippen molar-refractivity contribution in [2.45, 2.75) is 0 Å². The Balaban J connectivity index is 1.43. The van der Waals surface area contributed by atoms with Crippen LogP contribution in [-0.2, 0) is 19.1 Å². The molecule has 136 valence electrons. The lowest BCUT2D eigenvalue weighted by Gasteiger charge is -2.28. The van der Waals surface area contributed by atoms with Crippen LogP contribution in [0.5, 0.6) is 0 Å². The summed E-state index contributed by atoms with van der Waals surface area (Å²) < 4.78 is 10.3. The normalized spacial score (nSPS) is 14.4. The van der Waals surface area contributed by atoms with Gasteiger partial charge in [0.05, 0.1) is 13.2 Å². The van der Waals surface area contributed by atoms with E-state index in [-0.39, 0.29) is 12.5 Å². The van der Waals surface area contributed by atoms with Crippen LogP contribution >= 0.6 is 11.3 Å². The van der Waals surface area contributed by atoms with E-state index in [4.69, 9.17) is 9.47 Å². The number of benzene rings is 1. The molecule has 0 bridgehead atoms. The van der Waals surface area contributed by atoms with Crippen LogP contribution < -0.4 is 10.2 Å². The van der Waals surface area contributed by atoms with Gasteiger partial charge in [0.25, 0.3) is 5.91 Å². The van der Waals surface area contributed by atoms with Crippen molar-refractivity contribution in [3.63, 3.8) is 0 Å². The van der Waals surface area contributed by atoms with E-state index in [0.717, 1.165) is 37.6 Å². The van der Waals surface area contributed by atoms with Gasteiger partial charge < -0.3 is 19.7 Å². The monoisotopic (exact) mass is 372 g/mol. The summed E-state index contributed by atoms with van der Waals surface area (Å²) in [4.78, 5) is 25.7. The summed E-state index contributed by atoms with van der Waals surface area (Å²) in [6.45, 7) is 2.86. The molecular formula is C19H20N2O4S. The topological polar surface area (TPSA) is 67.9 Å². The van der Waals surface area contributed by atoms with Gasteiger partial charge in [0.2, 0.25) is 0 Å². The lowest BCUT2D eigenvalue weighted by molar-refractivity contribution is -0.142. The molecule has 1 amide bonds. The van der Waals surface area contributed by atoms with E-state index >= 15 is 0 Å². The van der Waals surface area contributed by atoms with Crippen molar-refractivity contribution in [3.05, 3.63) is 52.7 Å². The minimum absolute atomic E-state index is 0.321. The predicted octanol–water partition coefficient (Wildman–Crippen LogP) is 2.78. The van der Waals surface area contributed by atoms with Gasteiger partial charge in [-0.2, -0.15) is 11.3 Å². The highest BCUT2D eigenvalue weighted by molar-refractivity contribution is 7.08. The average Bonchev–Trinajstić information content (AvgIpc) is 3.20. The second-order valence-corrected chi connectivity index (χ2v) is 6.47. The highest BCUT2D eigenvalue weighted by Crippen LogP contribution is 2.19. The van der Waals surface area contributed by atoms with Crippen molar-refractivity contribution >= 4 is 40.7 Å². The van der Waals surface area contributed by atoms with Crippen molar-refractivity contribution in [1.29, 1.82) is 0 Å². The first-order valence-corrected chi connectivity index (χ1v) is 9.24. The van der Waals surface area contributed by atoms with Gasteiger partial charge in [-0.15, -0.1) is 0 Å². The largest absolute Gasteiger partial charge is 0.452 e. The van der Waals surface area contributed by atoms with Crippen molar-refractivity contribution in [1.82, 2.24) is 0 Å². The van der Waals surface area contributed by atoms with Gasteiger partial charge in [-0.25, -0.2) is 4.79 Å². The summed E-state index contributed by atoms with van der Waals surface area (Å²) in [6.07, 6.45) is 2.97. The predicted molar refractivity (Wildman–Crippen MR) is 102 cm³/mol. The third kappa shape index (κ3) is 5.44. The van der Waals surface area contributed by atoms with Gasteiger partial charge in [-0.3, -0.25) is 4.79 Å². The van der Waals surface area contributed by atoms with Crippen molar-refractivity contribution < 1.29 is 19.1 Å². The van der Waals surface area contributed by atoms with Crippen LogP contribution in [0.1, 0.15) is 5.56 Å². The Hall–Kier alpha value is -2.64. The maximum absolute atomic E-state index is 11.9. The zero-order chi connectivity index (χ0) is 18.2. The summed E-state index contributed by atoms with van der Waals surface area (Å²) in [5.74, 6) is -0.921. The van der Waals surface area contributed by atoms with Crippen molar-refractivity contribution in [3.8, 4) is 0 Å². The van der Waals surface area contributed by atoms with Crippen LogP contribution in [0.2, 0.25) is 0 Å².